The van der Waals surface area contributed by atoms with E-state index in [0.29, 0.717) is 6.61 Å². The molecule has 0 radical (unpaired) electrons. The molecule has 0 bridgehead atoms. The Morgan fingerprint density at radius 2 is 1.71 bits per heavy atom. The third-order valence-electron chi connectivity index (χ3n) is 2.76. The van der Waals surface area contributed by atoms with Crippen molar-refractivity contribution in [2.75, 3.05) is 13.2 Å². The first-order valence-corrected chi connectivity index (χ1v) is 18.8. The van der Waals surface area contributed by atoms with Crippen molar-refractivity contribution < 1.29 is 4.74 Å². The Hall–Kier alpha value is 0.719. The van der Waals surface area contributed by atoms with Crippen molar-refractivity contribution in [2.24, 2.45) is 0 Å². The van der Waals surface area contributed by atoms with Gasteiger partial charge in [-0.05, 0) is 0 Å². The van der Waals surface area contributed by atoms with Gasteiger partial charge in [0.15, 0.2) is 0 Å². The molecule has 0 aromatic heterocycles. The van der Waals surface area contributed by atoms with Gasteiger partial charge in [0, 0.05) is 0 Å². The number of ether oxygens (including phenoxy) is 1. The topological polar surface area (TPSA) is 9.23 Å². The van der Waals surface area contributed by atoms with E-state index < -0.39 is 16.2 Å². The quantitative estimate of drug-likeness (QED) is 0.258. The average molecular weight is 410 g/mol. The molecule has 0 N–H and O–H groups in total. The molecule has 17 heavy (non-hydrogen) atoms. The van der Waals surface area contributed by atoms with Crippen LogP contribution in [0.1, 0.15) is 39.5 Å². The molecular formula is C14H27BrOSn. The molecule has 0 saturated carbocycles. The van der Waals surface area contributed by atoms with Crippen molar-refractivity contribution in [3.63, 3.8) is 0 Å². The molecule has 0 amide bonds. The number of halogens is 1. The summed E-state index contributed by atoms with van der Waals surface area (Å²) in [6.45, 7) is 9.57. The number of unbranched alkanes of at least 4 members (excludes halogenated alkanes) is 2. The molecule has 3 heteroatoms. The summed E-state index contributed by atoms with van der Waals surface area (Å²) in [6.07, 6.45) is 9.35. The van der Waals surface area contributed by atoms with Gasteiger partial charge in [-0.2, -0.15) is 0 Å². The maximum absolute atomic E-state index is 5.40. The van der Waals surface area contributed by atoms with Gasteiger partial charge < -0.3 is 0 Å². The van der Waals surface area contributed by atoms with Gasteiger partial charge in [0.1, 0.15) is 0 Å². The van der Waals surface area contributed by atoms with Crippen LogP contribution in [0.25, 0.3) is 0 Å². The van der Waals surface area contributed by atoms with E-state index in [1.165, 1.54) is 34.6 Å². The van der Waals surface area contributed by atoms with E-state index >= 15 is 0 Å². The van der Waals surface area contributed by atoms with Crippen LogP contribution >= 0.6 is 12.7 Å². The second-order valence-electron chi connectivity index (χ2n) is 4.47. The van der Waals surface area contributed by atoms with E-state index in [0.717, 1.165) is 6.61 Å². The molecule has 0 aromatic carbocycles. The number of rotatable bonds is 11. The SMILES string of the molecule is C=CCOC/C=[CH]\[Sn]([Br])([CH2]CCC)[CH2]CCC. The van der Waals surface area contributed by atoms with Crippen molar-refractivity contribution in [2.45, 2.75) is 48.4 Å². The van der Waals surface area contributed by atoms with Crippen LogP contribution in [0.4, 0.5) is 0 Å². The van der Waals surface area contributed by atoms with Gasteiger partial charge >= 0.3 is 118 Å². The maximum atomic E-state index is 5.40. The Morgan fingerprint density at radius 3 is 2.18 bits per heavy atom. The van der Waals surface area contributed by atoms with E-state index in [1.54, 1.807) is 6.08 Å². The molecule has 0 heterocycles. The van der Waals surface area contributed by atoms with Crippen LogP contribution in [0.15, 0.2) is 22.8 Å². The predicted molar refractivity (Wildman–Crippen MR) is 84.3 cm³/mol. The predicted octanol–water partition coefficient (Wildman–Crippen LogP) is 5.23. The second kappa shape index (κ2) is 11.8. The summed E-state index contributed by atoms with van der Waals surface area (Å²) in [5.74, 6) is 0. The molecule has 0 fully saturated rings. The summed E-state index contributed by atoms with van der Waals surface area (Å²) in [5.41, 5.74) is 0. The van der Waals surface area contributed by atoms with E-state index in [-0.39, 0.29) is 0 Å². The zero-order valence-electron chi connectivity index (χ0n) is 11.4. The van der Waals surface area contributed by atoms with Gasteiger partial charge in [0.2, 0.25) is 0 Å². The zero-order valence-corrected chi connectivity index (χ0v) is 15.8. The van der Waals surface area contributed by atoms with Crippen LogP contribution in [0.3, 0.4) is 0 Å². The Kier molecular flexibility index (Phi) is 12.3. The monoisotopic (exact) mass is 410 g/mol. The van der Waals surface area contributed by atoms with E-state index in [1.807, 2.05) is 0 Å². The molecule has 100 valence electrons. The third kappa shape index (κ3) is 10.3. The van der Waals surface area contributed by atoms with Crippen LogP contribution in [0.2, 0.25) is 8.87 Å². The van der Waals surface area contributed by atoms with Gasteiger partial charge in [-0.3, -0.25) is 0 Å². The minimum atomic E-state index is -2.09. The van der Waals surface area contributed by atoms with Crippen molar-refractivity contribution >= 4 is 28.9 Å². The molecule has 0 rings (SSSR count). The van der Waals surface area contributed by atoms with Gasteiger partial charge in [-0.15, -0.1) is 0 Å². The first kappa shape index (κ1) is 17.7. The van der Waals surface area contributed by atoms with E-state index in [2.05, 4.69) is 43.3 Å². The van der Waals surface area contributed by atoms with Gasteiger partial charge in [-0.1, -0.05) is 0 Å². The van der Waals surface area contributed by atoms with Crippen molar-refractivity contribution in [1.29, 1.82) is 0 Å². The van der Waals surface area contributed by atoms with Gasteiger partial charge in [-0.25, -0.2) is 0 Å². The summed E-state index contributed by atoms with van der Waals surface area (Å²) >= 11 is 2.01. The molecule has 0 aliphatic heterocycles. The standard InChI is InChI=1S/C6H9O.2C4H9.BrH.Sn/c1-3-5-7-6-4-2;2*1-3-4-2;;/h1,3-4H,2,5-6H2;2*1,3-4H2,2H3;1H;/q;;;;+1/p-1. The fourth-order valence-electron chi connectivity index (χ4n) is 1.71. The van der Waals surface area contributed by atoms with Crippen molar-refractivity contribution in [3.05, 3.63) is 22.8 Å². The summed E-state index contributed by atoms with van der Waals surface area (Å²) in [6, 6.07) is 0. The zero-order chi connectivity index (χ0) is 13.0. The van der Waals surface area contributed by atoms with Crippen LogP contribution in [0, 0.1) is 0 Å². The average Bonchev–Trinajstić information content (AvgIpc) is 2.34. The first-order valence-electron chi connectivity index (χ1n) is 6.73. The molecular weight excluding hydrogens is 383 g/mol. The molecule has 0 aromatic rings. The summed E-state index contributed by atoms with van der Waals surface area (Å²) in [4.78, 5) is 0. The molecule has 0 aliphatic rings. The second-order valence-corrected chi connectivity index (χ2v) is 24.8. The van der Waals surface area contributed by atoms with Crippen molar-refractivity contribution in [1.82, 2.24) is 0 Å². The fraction of sp³-hybridized carbons (Fsp3) is 0.714. The molecule has 0 saturated heterocycles. The summed E-state index contributed by atoms with van der Waals surface area (Å²) in [5, 5.41) is 0. The third-order valence-corrected chi connectivity index (χ3v) is 19.0. The van der Waals surface area contributed by atoms with Gasteiger partial charge in [0.05, 0.1) is 0 Å². The molecule has 0 aliphatic carbocycles. The molecule has 1 nitrogen and oxygen atoms in total. The van der Waals surface area contributed by atoms with Crippen LogP contribution < -0.4 is 0 Å². The Morgan fingerprint density at radius 1 is 1.12 bits per heavy atom. The number of hydrogen-bond acceptors (Lipinski definition) is 1. The Bertz CT molecular complexity index is 208. The van der Waals surface area contributed by atoms with Gasteiger partial charge in [0.25, 0.3) is 0 Å². The van der Waals surface area contributed by atoms with Crippen LogP contribution in [-0.4, -0.2) is 29.4 Å². The first-order chi connectivity index (χ1) is 8.18. The molecule has 0 unspecified atom stereocenters. The summed E-state index contributed by atoms with van der Waals surface area (Å²) < 4.78 is 10.7. The van der Waals surface area contributed by atoms with Crippen LogP contribution in [0.5, 0.6) is 0 Å². The fourth-order valence-corrected chi connectivity index (χ4v) is 15.2. The minimum absolute atomic E-state index is 0.652. The van der Waals surface area contributed by atoms with Crippen LogP contribution in [-0.2, 0) is 4.74 Å². The van der Waals surface area contributed by atoms with Crippen molar-refractivity contribution in [3.8, 4) is 0 Å². The molecule has 0 spiro atoms. The van der Waals surface area contributed by atoms with E-state index in [4.69, 9.17) is 4.74 Å². The van der Waals surface area contributed by atoms with E-state index in [9.17, 15) is 0 Å². The normalized spacial score (nSPS) is 12.2. The Balaban J connectivity index is 4.10. The molecule has 0 atom stereocenters. The number of hydrogen-bond donors (Lipinski definition) is 0. The summed E-state index contributed by atoms with van der Waals surface area (Å²) in [7, 11) is 0. The Labute approximate surface area is 117 Å².